The minimum Gasteiger partial charge on any atom is -0.493 e. The number of aliphatic hydroxyl groups is 1. The minimum atomic E-state index is -4.18. The molecule has 1 rings (SSSR count). The zero-order valence-corrected chi connectivity index (χ0v) is 12.5. The first-order valence-corrected chi connectivity index (χ1v) is 6.67. The van der Waals surface area contributed by atoms with Crippen LogP contribution in [0.2, 0.25) is 0 Å². The highest BCUT2D eigenvalue weighted by Gasteiger charge is 2.29. The Bertz CT molecular complexity index is 456. The van der Waals surface area contributed by atoms with Gasteiger partial charge < -0.3 is 14.6 Å². The van der Waals surface area contributed by atoms with Crippen molar-refractivity contribution in [2.75, 3.05) is 14.2 Å². The van der Waals surface area contributed by atoms with Crippen molar-refractivity contribution in [3.63, 3.8) is 0 Å². The van der Waals surface area contributed by atoms with Crippen LogP contribution in [0.25, 0.3) is 0 Å². The van der Waals surface area contributed by atoms with Gasteiger partial charge in [-0.05, 0) is 37.5 Å². The molecule has 0 heterocycles. The summed E-state index contributed by atoms with van der Waals surface area (Å²) in [5.74, 6) is 1.10. The maximum atomic E-state index is 12.1. The van der Waals surface area contributed by atoms with Gasteiger partial charge in [-0.3, -0.25) is 0 Å². The van der Waals surface area contributed by atoms with E-state index < -0.39 is 18.2 Å². The SMILES string of the molecule is COc1ccc(CC(C)(O)CCCC(F)(F)F)cc1OC. The van der Waals surface area contributed by atoms with Crippen LogP contribution >= 0.6 is 0 Å². The fraction of sp³-hybridized carbons (Fsp3) is 0.600. The minimum absolute atomic E-state index is 0.0842. The van der Waals surface area contributed by atoms with Crippen LogP contribution in [-0.4, -0.2) is 31.1 Å². The number of rotatable bonds is 7. The number of ether oxygens (including phenoxy) is 2. The Hall–Kier alpha value is -1.43. The van der Waals surface area contributed by atoms with Gasteiger partial charge in [0.1, 0.15) is 0 Å². The number of benzene rings is 1. The Kier molecular flexibility index (Phi) is 5.89. The standard InChI is InChI=1S/C15H21F3O3/c1-14(19,7-4-8-15(16,17)18)10-11-5-6-12(20-2)13(9-11)21-3/h5-6,9,19H,4,7-8,10H2,1-3H3. The van der Waals surface area contributed by atoms with Crippen molar-refractivity contribution in [3.05, 3.63) is 23.8 Å². The highest BCUT2D eigenvalue weighted by atomic mass is 19.4. The van der Waals surface area contributed by atoms with Crippen LogP contribution in [0.15, 0.2) is 18.2 Å². The predicted octanol–water partition coefficient (Wildman–Crippen LogP) is 3.73. The number of hydrogen-bond donors (Lipinski definition) is 1. The summed E-state index contributed by atoms with van der Waals surface area (Å²) in [6, 6.07) is 5.19. The highest BCUT2D eigenvalue weighted by Crippen LogP contribution is 2.31. The molecule has 0 fully saturated rings. The second-order valence-electron chi connectivity index (χ2n) is 5.33. The van der Waals surface area contributed by atoms with Gasteiger partial charge in [0, 0.05) is 12.8 Å². The Balaban J connectivity index is 2.66. The zero-order valence-electron chi connectivity index (χ0n) is 12.5. The first-order chi connectivity index (χ1) is 9.67. The summed E-state index contributed by atoms with van der Waals surface area (Å²) in [4.78, 5) is 0. The molecule has 0 aliphatic rings. The quantitative estimate of drug-likeness (QED) is 0.834. The van der Waals surface area contributed by atoms with Gasteiger partial charge in [-0.25, -0.2) is 0 Å². The average Bonchev–Trinajstić information content (AvgIpc) is 2.36. The van der Waals surface area contributed by atoms with Gasteiger partial charge >= 0.3 is 6.18 Å². The van der Waals surface area contributed by atoms with E-state index in [1.54, 1.807) is 25.1 Å². The maximum absolute atomic E-state index is 12.1. The molecule has 0 saturated carbocycles. The molecule has 21 heavy (non-hydrogen) atoms. The van der Waals surface area contributed by atoms with Gasteiger partial charge in [0.15, 0.2) is 11.5 Å². The molecule has 3 nitrogen and oxygen atoms in total. The normalized spacial score (nSPS) is 14.6. The molecule has 1 atom stereocenters. The Morgan fingerprint density at radius 3 is 2.19 bits per heavy atom. The third-order valence-corrected chi connectivity index (χ3v) is 3.21. The van der Waals surface area contributed by atoms with Crippen LogP contribution in [0.5, 0.6) is 11.5 Å². The lowest BCUT2D eigenvalue weighted by molar-refractivity contribution is -0.137. The smallest absolute Gasteiger partial charge is 0.389 e. The molecule has 1 aromatic carbocycles. The predicted molar refractivity (Wildman–Crippen MR) is 73.8 cm³/mol. The summed E-state index contributed by atoms with van der Waals surface area (Å²) in [5, 5.41) is 10.2. The molecule has 1 unspecified atom stereocenters. The van der Waals surface area contributed by atoms with E-state index in [0.29, 0.717) is 11.5 Å². The highest BCUT2D eigenvalue weighted by molar-refractivity contribution is 5.43. The molecule has 0 spiro atoms. The number of halogens is 3. The van der Waals surface area contributed by atoms with Crippen molar-refractivity contribution < 1.29 is 27.8 Å². The van der Waals surface area contributed by atoms with Gasteiger partial charge in [-0.15, -0.1) is 0 Å². The molecule has 0 bridgehead atoms. The van der Waals surface area contributed by atoms with Gasteiger partial charge in [0.2, 0.25) is 0 Å². The van der Waals surface area contributed by atoms with Gasteiger partial charge in [0.25, 0.3) is 0 Å². The van der Waals surface area contributed by atoms with E-state index in [2.05, 4.69) is 0 Å². The second-order valence-corrected chi connectivity index (χ2v) is 5.33. The molecule has 0 aliphatic heterocycles. The van der Waals surface area contributed by atoms with E-state index in [1.807, 2.05) is 0 Å². The van der Waals surface area contributed by atoms with Crippen molar-refractivity contribution >= 4 is 0 Å². The van der Waals surface area contributed by atoms with E-state index in [1.165, 1.54) is 14.2 Å². The van der Waals surface area contributed by atoms with E-state index in [4.69, 9.17) is 9.47 Å². The average molecular weight is 306 g/mol. The third-order valence-electron chi connectivity index (χ3n) is 3.21. The summed E-state index contributed by atoms with van der Waals surface area (Å²) < 4.78 is 46.7. The van der Waals surface area contributed by atoms with Crippen molar-refractivity contribution in [2.24, 2.45) is 0 Å². The second kappa shape index (κ2) is 7.02. The molecule has 0 radical (unpaired) electrons. The van der Waals surface area contributed by atoms with Crippen molar-refractivity contribution in [1.29, 1.82) is 0 Å². The molecule has 0 amide bonds. The largest absolute Gasteiger partial charge is 0.493 e. The number of alkyl halides is 3. The summed E-state index contributed by atoms with van der Waals surface area (Å²) in [5.41, 5.74) is -0.408. The van der Waals surface area contributed by atoms with Crippen molar-refractivity contribution in [1.82, 2.24) is 0 Å². The third kappa shape index (κ3) is 6.25. The molecule has 1 N–H and O–H groups in total. The van der Waals surface area contributed by atoms with Gasteiger partial charge in [-0.1, -0.05) is 6.07 Å². The van der Waals surface area contributed by atoms with E-state index in [0.717, 1.165) is 5.56 Å². The van der Waals surface area contributed by atoms with Crippen LogP contribution in [0.1, 0.15) is 31.7 Å². The first kappa shape index (κ1) is 17.6. The molecule has 0 aromatic heterocycles. The zero-order chi connectivity index (χ0) is 16.1. The van der Waals surface area contributed by atoms with Crippen LogP contribution < -0.4 is 9.47 Å². The van der Waals surface area contributed by atoms with Crippen LogP contribution in [0.3, 0.4) is 0 Å². The van der Waals surface area contributed by atoms with Gasteiger partial charge in [-0.2, -0.15) is 13.2 Å². The van der Waals surface area contributed by atoms with Crippen LogP contribution in [0.4, 0.5) is 13.2 Å². The monoisotopic (exact) mass is 306 g/mol. The molecule has 1 aromatic rings. The van der Waals surface area contributed by atoms with E-state index in [9.17, 15) is 18.3 Å². The van der Waals surface area contributed by atoms with Crippen LogP contribution in [0, 0.1) is 0 Å². The molecule has 0 aliphatic carbocycles. The first-order valence-electron chi connectivity index (χ1n) is 6.67. The number of methoxy groups -OCH3 is 2. The van der Waals surface area contributed by atoms with Crippen molar-refractivity contribution in [2.45, 2.75) is 44.4 Å². The Labute approximate surface area is 122 Å². The fourth-order valence-electron chi connectivity index (χ4n) is 2.19. The molecular formula is C15H21F3O3. The lowest BCUT2D eigenvalue weighted by atomic mass is 9.91. The molecular weight excluding hydrogens is 285 g/mol. The molecule has 0 saturated heterocycles. The Morgan fingerprint density at radius 1 is 1.05 bits per heavy atom. The van der Waals surface area contributed by atoms with E-state index >= 15 is 0 Å². The lowest BCUT2D eigenvalue weighted by Gasteiger charge is -2.24. The lowest BCUT2D eigenvalue weighted by Crippen LogP contribution is -2.27. The fourth-order valence-corrected chi connectivity index (χ4v) is 2.19. The summed E-state index contributed by atoms with van der Waals surface area (Å²) in [6.07, 6.45) is -4.82. The topological polar surface area (TPSA) is 38.7 Å². The Morgan fingerprint density at radius 2 is 1.67 bits per heavy atom. The molecule has 6 heteroatoms. The summed E-state index contributed by atoms with van der Waals surface area (Å²) in [7, 11) is 3.02. The van der Waals surface area contributed by atoms with Gasteiger partial charge in [0.05, 0.1) is 19.8 Å². The summed E-state index contributed by atoms with van der Waals surface area (Å²) >= 11 is 0. The molecule has 120 valence electrons. The summed E-state index contributed by atoms with van der Waals surface area (Å²) in [6.45, 7) is 1.54. The van der Waals surface area contributed by atoms with Crippen LogP contribution in [-0.2, 0) is 6.42 Å². The maximum Gasteiger partial charge on any atom is 0.389 e. The number of hydrogen-bond acceptors (Lipinski definition) is 3. The van der Waals surface area contributed by atoms with E-state index in [-0.39, 0.29) is 19.3 Å². The van der Waals surface area contributed by atoms with Crippen molar-refractivity contribution in [3.8, 4) is 11.5 Å².